The molecule has 0 bridgehead atoms. The molecule has 2 heterocycles. The molecular formula is C13H12ClN3O3S. The van der Waals surface area contributed by atoms with Crippen LogP contribution in [0.3, 0.4) is 0 Å². The summed E-state index contributed by atoms with van der Waals surface area (Å²) in [6, 6.07) is 0.223. The highest BCUT2D eigenvalue weighted by atomic mass is 35.5. The van der Waals surface area contributed by atoms with Gasteiger partial charge in [0, 0.05) is 18.4 Å². The number of likely N-dealkylation sites (tertiary alicyclic amines) is 1. The Kier molecular flexibility index (Phi) is 4.70. The molecule has 0 saturated carbocycles. The Morgan fingerprint density at radius 2 is 2.43 bits per heavy atom. The van der Waals surface area contributed by atoms with Gasteiger partial charge in [-0.3, -0.25) is 9.79 Å². The molecule has 21 heavy (non-hydrogen) atoms. The molecule has 1 N–H and O–H groups in total. The first-order chi connectivity index (χ1) is 10.0. The zero-order valence-corrected chi connectivity index (χ0v) is 12.5. The predicted octanol–water partition coefficient (Wildman–Crippen LogP) is 1.39. The molecule has 2 rings (SSSR count). The first kappa shape index (κ1) is 15.6. The smallest absolute Gasteiger partial charge is 0.330 e. The van der Waals surface area contributed by atoms with Gasteiger partial charge in [-0.1, -0.05) is 24.4 Å². The lowest BCUT2D eigenvalue weighted by Gasteiger charge is -2.44. The number of hydrogen-bond acceptors (Lipinski definition) is 5. The van der Waals surface area contributed by atoms with E-state index in [1.54, 1.807) is 6.08 Å². The Hall–Kier alpha value is -1.78. The van der Waals surface area contributed by atoms with Gasteiger partial charge in [0.1, 0.15) is 5.37 Å². The summed E-state index contributed by atoms with van der Waals surface area (Å²) in [6.07, 6.45) is 3.45. The zero-order chi connectivity index (χ0) is 15.6. The fourth-order valence-corrected chi connectivity index (χ4v) is 3.62. The van der Waals surface area contributed by atoms with E-state index >= 15 is 0 Å². The molecule has 1 saturated heterocycles. The molecule has 0 aromatic heterocycles. The number of allylic oxidation sites excluding steroid dienone is 2. The third-order valence-corrected chi connectivity index (χ3v) is 4.76. The standard InChI is InChI=1S/C13H12ClN3O3S/c1-7(6-14)10(13(19)20)17-11(18)9-12(17)21-8(16-9)4-2-3-5-15/h2-3,9-10,12H,1,4,6H2,(H,19,20). The third-order valence-electron chi connectivity index (χ3n) is 3.15. The second-order valence-corrected chi connectivity index (χ2v) is 5.95. The molecule has 8 heteroatoms. The number of β-lactam (4-membered cyclic amide) rings is 1. The van der Waals surface area contributed by atoms with Gasteiger partial charge >= 0.3 is 5.97 Å². The molecule has 0 aromatic rings. The lowest BCUT2D eigenvalue weighted by Crippen LogP contribution is -2.66. The van der Waals surface area contributed by atoms with Gasteiger partial charge in [-0.25, -0.2) is 4.79 Å². The van der Waals surface area contributed by atoms with Gasteiger partial charge in [0.2, 0.25) is 0 Å². The fourth-order valence-electron chi connectivity index (χ4n) is 2.19. The summed E-state index contributed by atoms with van der Waals surface area (Å²) in [4.78, 5) is 29.0. The molecule has 0 radical (unpaired) electrons. The number of rotatable bonds is 6. The summed E-state index contributed by atoms with van der Waals surface area (Å²) in [7, 11) is 0. The maximum atomic E-state index is 12.1. The maximum absolute atomic E-state index is 12.1. The van der Waals surface area contributed by atoms with Gasteiger partial charge in [0.15, 0.2) is 12.1 Å². The normalized spacial score (nSPS) is 25.0. The van der Waals surface area contributed by atoms with Crippen LogP contribution in [-0.2, 0) is 9.59 Å². The molecule has 110 valence electrons. The second-order valence-electron chi connectivity index (χ2n) is 4.49. The van der Waals surface area contributed by atoms with Gasteiger partial charge < -0.3 is 10.0 Å². The minimum Gasteiger partial charge on any atom is -0.479 e. The Bertz CT molecular complexity index is 596. The molecule has 1 fully saturated rings. The monoisotopic (exact) mass is 325 g/mol. The number of carbonyl (C=O) groups is 2. The van der Waals surface area contributed by atoms with Crippen LogP contribution in [0.25, 0.3) is 0 Å². The molecule has 1 amide bonds. The van der Waals surface area contributed by atoms with Crippen LogP contribution >= 0.6 is 23.4 Å². The molecule has 2 aliphatic heterocycles. The molecule has 0 spiro atoms. The number of carbonyl (C=O) groups excluding carboxylic acids is 1. The van der Waals surface area contributed by atoms with Gasteiger partial charge in [-0.15, -0.1) is 11.6 Å². The number of thioether (sulfide) groups is 1. The van der Waals surface area contributed by atoms with Crippen LogP contribution < -0.4 is 0 Å². The number of hydrogen-bond donors (Lipinski definition) is 1. The van der Waals surface area contributed by atoms with E-state index in [0.29, 0.717) is 11.5 Å². The third kappa shape index (κ3) is 2.82. The molecule has 3 atom stereocenters. The maximum Gasteiger partial charge on any atom is 0.330 e. The van der Waals surface area contributed by atoms with Crippen molar-refractivity contribution in [3.8, 4) is 6.07 Å². The van der Waals surface area contributed by atoms with E-state index in [2.05, 4.69) is 11.6 Å². The highest BCUT2D eigenvalue weighted by Gasteiger charge is 2.56. The van der Waals surface area contributed by atoms with Crippen LogP contribution in [0.4, 0.5) is 0 Å². The highest BCUT2D eigenvalue weighted by molar-refractivity contribution is 8.14. The summed E-state index contributed by atoms with van der Waals surface area (Å²) in [5, 5.41) is 18.1. The fraction of sp³-hybridized carbons (Fsp3) is 0.385. The average Bonchev–Trinajstić information content (AvgIpc) is 2.83. The van der Waals surface area contributed by atoms with Crippen LogP contribution in [0.15, 0.2) is 29.3 Å². The first-order valence-corrected chi connectivity index (χ1v) is 7.49. The Balaban J connectivity index is 2.10. The molecule has 0 aliphatic carbocycles. The predicted molar refractivity (Wildman–Crippen MR) is 80.1 cm³/mol. The number of carboxylic acids is 1. The van der Waals surface area contributed by atoms with Crippen molar-refractivity contribution in [3.63, 3.8) is 0 Å². The first-order valence-electron chi connectivity index (χ1n) is 6.07. The van der Waals surface area contributed by atoms with Gasteiger partial charge in [0.05, 0.1) is 11.1 Å². The number of amides is 1. The van der Waals surface area contributed by atoms with Crippen molar-refractivity contribution in [3.05, 3.63) is 24.3 Å². The van der Waals surface area contributed by atoms with E-state index in [1.807, 2.05) is 6.07 Å². The lowest BCUT2D eigenvalue weighted by molar-refractivity contribution is -0.157. The van der Waals surface area contributed by atoms with Gasteiger partial charge in [-0.05, 0) is 5.57 Å². The SMILES string of the molecule is C=C(CCl)C(C(=O)O)N1C(=O)C2N=C(CC=CC#N)SC21. The summed E-state index contributed by atoms with van der Waals surface area (Å²) >= 11 is 6.99. The Morgan fingerprint density at radius 3 is 3.00 bits per heavy atom. The quantitative estimate of drug-likeness (QED) is 0.345. The van der Waals surface area contributed by atoms with Crippen LogP contribution in [0, 0.1) is 11.3 Å². The number of aliphatic carboxylic acids is 1. The van der Waals surface area contributed by atoms with Crippen molar-refractivity contribution in [1.82, 2.24) is 4.90 Å². The van der Waals surface area contributed by atoms with E-state index in [1.165, 1.54) is 22.7 Å². The highest BCUT2D eigenvalue weighted by Crippen LogP contribution is 2.42. The number of carboxylic acid groups (broad SMARTS) is 1. The molecule has 3 unspecified atom stereocenters. The van der Waals surface area contributed by atoms with Crippen molar-refractivity contribution >= 4 is 40.3 Å². The minimum absolute atomic E-state index is 0.0264. The van der Waals surface area contributed by atoms with E-state index < -0.39 is 18.1 Å². The summed E-state index contributed by atoms with van der Waals surface area (Å²) in [5.74, 6) is -1.50. The Morgan fingerprint density at radius 1 is 1.71 bits per heavy atom. The molecule has 6 nitrogen and oxygen atoms in total. The van der Waals surface area contributed by atoms with Crippen molar-refractivity contribution in [2.24, 2.45) is 4.99 Å². The molecule has 2 aliphatic rings. The number of nitrogens with zero attached hydrogens (tertiary/aromatic N) is 3. The molecular weight excluding hydrogens is 314 g/mol. The topological polar surface area (TPSA) is 93.8 Å². The van der Waals surface area contributed by atoms with E-state index in [-0.39, 0.29) is 22.7 Å². The van der Waals surface area contributed by atoms with E-state index in [9.17, 15) is 14.7 Å². The van der Waals surface area contributed by atoms with Crippen molar-refractivity contribution in [2.75, 3.05) is 5.88 Å². The van der Waals surface area contributed by atoms with Gasteiger partial charge in [0.25, 0.3) is 5.91 Å². The minimum atomic E-state index is -1.15. The molecule has 0 aromatic carbocycles. The number of alkyl halides is 1. The Labute approximate surface area is 130 Å². The van der Waals surface area contributed by atoms with Crippen molar-refractivity contribution in [1.29, 1.82) is 5.26 Å². The van der Waals surface area contributed by atoms with Crippen molar-refractivity contribution < 1.29 is 14.7 Å². The number of nitriles is 1. The average molecular weight is 326 g/mol. The lowest BCUT2D eigenvalue weighted by atomic mass is 10.00. The number of halogens is 1. The van der Waals surface area contributed by atoms with E-state index in [0.717, 1.165) is 0 Å². The summed E-state index contributed by atoms with van der Waals surface area (Å²) in [5.41, 5.74) is 0.273. The van der Waals surface area contributed by atoms with Crippen LogP contribution in [0.2, 0.25) is 0 Å². The van der Waals surface area contributed by atoms with Crippen LogP contribution in [-0.4, -0.2) is 50.3 Å². The summed E-state index contributed by atoms with van der Waals surface area (Å²) < 4.78 is 0. The van der Waals surface area contributed by atoms with Crippen LogP contribution in [0.1, 0.15) is 6.42 Å². The summed E-state index contributed by atoms with van der Waals surface area (Å²) in [6.45, 7) is 3.63. The van der Waals surface area contributed by atoms with E-state index in [4.69, 9.17) is 16.9 Å². The zero-order valence-electron chi connectivity index (χ0n) is 10.9. The second kappa shape index (κ2) is 6.33. The largest absolute Gasteiger partial charge is 0.479 e. The number of fused-ring (bicyclic) bond motifs is 1. The number of aliphatic imine (C=N–C) groups is 1. The van der Waals surface area contributed by atoms with Gasteiger partial charge in [-0.2, -0.15) is 5.26 Å². The van der Waals surface area contributed by atoms with Crippen LogP contribution in [0.5, 0.6) is 0 Å². The van der Waals surface area contributed by atoms with Crippen molar-refractivity contribution in [2.45, 2.75) is 23.9 Å².